The van der Waals surface area contributed by atoms with Gasteiger partial charge in [0, 0.05) is 19.7 Å². The van der Waals surface area contributed by atoms with E-state index in [0.29, 0.717) is 12.6 Å². The second-order valence-corrected chi connectivity index (χ2v) is 4.16. The molecule has 0 aliphatic rings. The van der Waals surface area contributed by atoms with Crippen molar-refractivity contribution in [3.05, 3.63) is 0 Å². The molecule has 4 nitrogen and oxygen atoms in total. The zero-order valence-electron chi connectivity index (χ0n) is 11.5. The van der Waals surface area contributed by atoms with Crippen LogP contribution in [0, 0.1) is 0 Å². The molecule has 0 heterocycles. The number of hydrogen-bond donors (Lipinski definition) is 2. The smallest absolute Gasteiger partial charge is 0.188 e. The van der Waals surface area contributed by atoms with Crippen LogP contribution in [-0.2, 0) is 4.74 Å². The van der Waals surface area contributed by atoms with Crippen molar-refractivity contribution in [3.63, 3.8) is 0 Å². The van der Waals surface area contributed by atoms with Gasteiger partial charge in [-0.3, -0.25) is 4.99 Å². The van der Waals surface area contributed by atoms with Gasteiger partial charge in [0.15, 0.2) is 5.96 Å². The predicted octanol–water partition coefficient (Wildman–Crippen LogP) is 2.29. The molecule has 0 aromatic heterocycles. The number of nitrogens with two attached hydrogens (primary N) is 1. The molecule has 0 saturated carbocycles. The Balaban J connectivity index is 3.25. The van der Waals surface area contributed by atoms with Crippen LogP contribution in [0.2, 0.25) is 0 Å². The third kappa shape index (κ3) is 13.2. The first-order valence-corrected chi connectivity index (χ1v) is 6.92. The number of nitrogens with one attached hydrogen (secondary N) is 1. The summed E-state index contributed by atoms with van der Waals surface area (Å²) in [5.74, 6) is 0.540. The molecule has 102 valence electrons. The molecule has 0 aliphatic carbocycles. The van der Waals surface area contributed by atoms with Crippen LogP contribution < -0.4 is 11.1 Å². The van der Waals surface area contributed by atoms with Crippen LogP contribution >= 0.6 is 0 Å². The summed E-state index contributed by atoms with van der Waals surface area (Å²) in [6.45, 7) is 7.22. The van der Waals surface area contributed by atoms with Crippen LogP contribution in [0.1, 0.15) is 52.4 Å². The van der Waals surface area contributed by atoms with E-state index in [4.69, 9.17) is 10.5 Å². The van der Waals surface area contributed by atoms with Crippen LogP contribution in [0.4, 0.5) is 0 Å². The molecule has 3 N–H and O–H groups in total. The minimum Gasteiger partial charge on any atom is -0.380 e. The van der Waals surface area contributed by atoms with E-state index in [-0.39, 0.29) is 0 Å². The largest absolute Gasteiger partial charge is 0.380 e. The minimum absolute atomic E-state index is 0.540. The molecule has 0 atom stereocenters. The van der Waals surface area contributed by atoms with Gasteiger partial charge in [-0.2, -0.15) is 0 Å². The third-order valence-electron chi connectivity index (χ3n) is 2.55. The van der Waals surface area contributed by atoms with Crippen molar-refractivity contribution in [1.82, 2.24) is 5.32 Å². The molecule has 4 heteroatoms. The second kappa shape index (κ2) is 13.3. The van der Waals surface area contributed by atoms with E-state index in [0.717, 1.165) is 26.1 Å². The van der Waals surface area contributed by atoms with Crippen molar-refractivity contribution in [2.75, 3.05) is 26.3 Å². The summed E-state index contributed by atoms with van der Waals surface area (Å²) >= 11 is 0. The van der Waals surface area contributed by atoms with Crippen molar-refractivity contribution >= 4 is 5.96 Å². The average molecular weight is 243 g/mol. The summed E-state index contributed by atoms with van der Waals surface area (Å²) in [5.41, 5.74) is 5.70. The summed E-state index contributed by atoms with van der Waals surface area (Å²) in [6.07, 6.45) is 7.72. The molecule has 0 radical (unpaired) electrons. The van der Waals surface area contributed by atoms with Gasteiger partial charge in [-0.05, 0) is 13.3 Å². The Morgan fingerprint density at radius 1 is 1.12 bits per heavy atom. The Morgan fingerprint density at radius 3 is 2.53 bits per heavy atom. The Kier molecular flexibility index (Phi) is 12.7. The van der Waals surface area contributed by atoms with Crippen LogP contribution in [0.5, 0.6) is 0 Å². The van der Waals surface area contributed by atoms with Crippen LogP contribution in [0.15, 0.2) is 4.99 Å². The van der Waals surface area contributed by atoms with E-state index < -0.39 is 0 Å². The first kappa shape index (κ1) is 16.2. The van der Waals surface area contributed by atoms with Crippen LogP contribution in [0.25, 0.3) is 0 Å². The highest BCUT2D eigenvalue weighted by atomic mass is 16.5. The molecule has 0 spiro atoms. The summed E-state index contributed by atoms with van der Waals surface area (Å²) in [4.78, 5) is 4.27. The highest BCUT2D eigenvalue weighted by Gasteiger charge is 1.92. The SMILES string of the molecule is CCCCCCCCN=C(N)NCCOCC. The predicted molar refractivity (Wildman–Crippen MR) is 74.4 cm³/mol. The van der Waals surface area contributed by atoms with Crippen LogP contribution in [0.3, 0.4) is 0 Å². The van der Waals surface area contributed by atoms with Crippen molar-refractivity contribution < 1.29 is 4.74 Å². The fourth-order valence-electron chi connectivity index (χ4n) is 1.54. The van der Waals surface area contributed by atoms with Crippen molar-refractivity contribution in [2.45, 2.75) is 52.4 Å². The van der Waals surface area contributed by atoms with Gasteiger partial charge in [0.25, 0.3) is 0 Å². The van der Waals surface area contributed by atoms with Crippen LogP contribution in [-0.4, -0.2) is 32.3 Å². The zero-order valence-corrected chi connectivity index (χ0v) is 11.5. The third-order valence-corrected chi connectivity index (χ3v) is 2.55. The average Bonchev–Trinajstić information content (AvgIpc) is 2.33. The van der Waals surface area contributed by atoms with E-state index in [9.17, 15) is 0 Å². The monoisotopic (exact) mass is 243 g/mol. The maximum absolute atomic E-state index is 5.70. The van der Waals surface area contributed by atoms with Gasteiger partial charge in [-0.1, -0.05) is 39.0 Å². The Hall–Kier alpha value is -0.770. The number of guanidine groups is 1. The lowest BCUT2D eigenvalue weighted by Crippen LogP contribution is -2.34. The number of unbranched alkanes of at least 4 members (excludes halogenated alkanes) is 5. The second-order valence-electron chi connectivity index (χ2n) is 4.16. The van der Waals surface area contributed by atoms with Gasteiger partial charge in [0.1, 0.15) is 0 Å². The summed E-state index contributed by atoms with van der Waals surface area (Å²) in [5, 5.41) is 3.03. The topological polar surface area (TPSA) is 59.6 Å². The fourth-order valence-corrected chi connectivity index (χ4v) is 1.54. The normalized spacial score (nSPS) is 11.8. The molecular formula is C13H29N3O. The standard InChI is InChI=1S/C13H29N3O/c1-3-5-6-7-8-9-10-15-13(14)16-11-12-17-4-2/h3-12H2,1-2H3,(H3,14,15,16). The number of ether oxygens (including phenoxy) is 1. The minimum atomic E-state index is 0.540. The molecule has 0 bridgehead atoms. The number of rotatable bonds is 11. The first-order valence-electron chi connectivity index (χ1n) is 6.92. The van der Waals surface area contributed by atoms with Crippen molar-refractivity contribution in [3.8, 4) is 0 Å². The van der Waals surface area contributed by atoms with E-state index in [1.54, 1.807) is 0 Å². The lowest BCUT2D eigenvalue weighted by molar-refractivity contribution is 0.152. The van der Waals surface area contributed by atoms with Gasteiger partial charge in [-0.15, -0.1) is 0 Å². The Labute approximate surface area is 106 Å². The zero-order chi connectivity index (χ0) is 12.8. The fraction of sp³-hybridized carbons (Fsp3) is 0.923. The van der Waals surface area contributed by atoms with E-state index in [1.807, 2.05) is 6.92 Å². The maximum atomic E-state index is 5.70. The Bertz CT molecular complexity index is 184. The van der Waals surface area contributed by atoms with Gasteiger partial charge >= 0.3 is 0 Å². The molecule has 0 fully saturated rings. The molecule has 17 heavy (non-hydrogen) atoms. The highest BCUT2D eigenvalue weighted by Crippen LogP contribution is 2.04. The van der Waals surface area contributed by atoms with Crippen molar-refractivity contribution in [2.24, 2.45) is 10.7 Å². The lowest BCUT2D eigenvalue weighted by atomic mass is 10.1. The van der Waals surface area contributed by atoms with E-state index in [1.165, 1.54) is 32.1 Å². The summed E-state index contributed by atoms with van der Waals surface area (Å²) in [6, 6.07) is 0. The number of hydrogen-bond acceptors (Lipinski definition) is 2. The summed E-state index contributed by atoms with van der Waals surface area (Å²) < 4.78 is 5.19. The number of aliphatic imine (C=N–C) groups is 1. The number of nitrogens with zero attached hydrogens (tertiary/aromatic N) is 1. The first-order chi connectivity index (χ1) is 8.31. The Morgan fingerprint density at radius 2 is 1.82 bits per heavy atom. The molecular weight excluding hydrogens is 214 g/mol. The van der Waals surface area contributed by atoms with Crippen molar-refractivity contribution in [1.29, 1.82) is 0 Å². The maximum Gasteiger partial charge on any atom is 0.188 e. The summed E-state index contributed by atoms with van der Waals surface area (Å²) in [7, 11) is 0. The lowest BCUT2D eigenvalue weighted by Gasteiger charge is -2.05. The molecule has 0 saturated heterocycles. The van der Waals surface area contributed by atoms with Gasteiger partial charge in [-0.25, -0.2) is 0 Å². The molecule has 0 amide bonds. The molecule has 0 aromatic carbocycles. The molecule has 0 unspecified atom stereocenters. The molecule has 0 rings (SSSR count). The highest BCUT2D eigenvalue weighted by molar-refractivity contribution is 5.77. The molecule has 0 aliphatic heterocycles. The molecule has 0 aromatic rings. The van der Waals surface area contributed by atoms with Gasteiger partial charge in [0.2, 0.25) is 0 Å². The van der Waals surface area contributed by atoms with Gasteiger partial charge < -0.3 is 15.8 Å². The quantitative estimate of drug-likeness (QED) is 0.332. The van der Waals surface area contributed by atoms with E-state index in [2.05, 4.69) is 17.2 Å². The van der Waals surface area contributed by atoms with Gasteiger partial charge in [0.05, 0.1) is 6.61 Å². The van der Waals surface area contributed by atoms with E-state index >= 15 is 0 Å².